The highest BCUT2D eigenvalue weighted by Crippen LogP contribution is 2.29. The summed E-state index contributed by atoms with van der Waals surface area (Å²) in [4.78, 5) is 11.1. The molecule has 0 saturated carbocycles. The molecule has 0 spiro atoms. The second kappa shape index (κ2) is 3.72. The van der Waals surface area contributed by atoms with Crippen LogP contribution in [-0.4, -0.2) is 23.8 Å². The fourth-order valence-corrected chi connectivity index (χ4v) is 1.58. The minimum absolute atomic E-state index is 0.0764. The van der Waals surface area contributed by atoms with Crippen molar-refractivity contribution < 1.29 is 14.6 Å². The van der Waals surface area contributed by atoms with Crippen LogP contribution in [0.25, 0.3) is 0 Å². The van der Waals surface area contributed by atoms with E-state index in [0.29, 0.717) is 12.0 Å². The van der Waals surface area contributed by atoms with Crippen LogP contribution in [0.5, 0.6) is 0 Å². The number of aliphatic hydroxyl groups excluding tert-OH is 1. The molecule has 0 amide bonds. The molecule has 0 aromatic rings. The molecule has 0 bridgehead atoms. The molecule has 2 atom stereocenters. The molecule has 1 heterocycles. The third-order valence-corrected chi connectivity index (χ3v) is 2.25. The predicted octanol–water partition coefficient (Wildman–Crippen LogP) is 0.877. The maximum absolute atomic E-state index is 11.1. The Kier molecular flexibility index (Phi) is 2.87. The number of carbonyl (C=O) groups is 1. The molecule has 1 aliphatic heterocycles. The molecule has 68 valence electrons. The lowest BCUT2D eigenvalue weighted by Gasteiger charge is -2.10. The number of hydrogen-bond acceptors (Lipinski definition) is 3. The van der Waals surface area contributed by atoms with Crippen molar-refractivity contribution in [1.29, 1.82) is 0 Å². The molecule has 12 heavy (non-hydrogen) atoms. The van der Waals surface area contributed by atoms with Gasteiger partial charge in [0, 0.05) is 18.1 Å². The SMILES string of the molecule is C/C=C1\C(=O)OC(C)C1CCO. The normalized spacial score (nSPS) is 32.6. The molecule has 0 aliphatic carbocycles. The van der Waals surface area contributed by atoms with E-state index in [9.17, 15) is 4.79 Å². The van der Waals surface area contributed by atoms with Gasteiger partial charge >= 0.3 is 5.97 Å². The number of hydrogen-bond donors (Lipinski definition) is 1. The summed E-state index contributed by atoms with van der Waals surface area (Å²) in [5.41, 5.74) is 0.705. The number of allylic oxidation sites excluding steroid dienone is 1. The first-order valence-corrected chi connectivity index (χ1v) is 4.18. The quantitative estimate of drug-likeness (QED) is 0.494. The average molecular weight is 170 g/mol. The van der Waals surface area contributed by atoms with E-state index in [4.69, 9.17) is 9.84 Å². The van der Waals surface area contributed by atoms with Crippen LogP contribution in [-0.2, 0) is 9.53 Å². The topological polar surface area (TPSA) is 46.5 Å². The molecule has 1 N–H and O–H groups in total. The molecule has 1 aliphatic rings. The number of carbonyl (C=O) groups excluding carboxylic acids is 1. The van der Waals surface area contributed by atoms with E-state index in [1.165, 1.54) is 0 Å². The van der Waals surface area contributed by atoms with Crippen LogP contribution >= 0.6 is 0 Å². The van der Waals surface area contributed by atoms with Crippen molar-refractivity contribution in [3.63, 3.8) is 0 Å². The van der Waals surface area contributed by atoms with Gasteiger partial charge in [-0.25, -0.2) is 4.79 Å². The lowest BCUT2D eigenvalue weighted by atomic mass is 9.94. The number of cyclic esters (lactones) is 1. The third-order valence-electron chi connectivity index (χ3n) is 2.25. The molecule has 0 aromatic heterocycles. The lowest BCUT2D eigenvalue weighted by molar-refractivity contribution is -0.138. The summed E-state index contributed by atoms with van der Waals surface area (Å²) in [6.07, 6.45) is 2.29. The molecule has 3 nitrogen and oxygen atoms in total. The van der Waals surface area contributed by atoms with Crippen molar-refractivity contribution in [2.45, 2.75) is 26.4 Å². The van der Waals surface area contributed by atoms with E-state index >= 15 is 0 Å². The Bertz CT molecular complexity index is 208. The van der Waals surface area contributed by atoms with Crippen LogP contribution in [0.2, 0.25) is 0 Å². The van der Waals surface area contributed by atoms with E-state index in [1.807, 2.05) is 13.8 Å². The molecule has 1 saturated heterocycles. The van der Waals surface area contributed by atoms with Gasteiger partial charge in [-0.2, -0.15) is 0 Å². The van der Waals surface area contributed by atoms with Gasteiger partial charge in [-0.1, -0.05) is 6.08 Å². The lowest BCUT2D eigenvalue weighted by Crippen LogP contribution is -2.13. The number of ether oxygens (including phenoxy) is 1. The Morgan fingerprint density at radius 3 is 2.83 bits per heavy atom. The molecular formula is C9H14O3. The number of rotatable bonds is 2. The van der Waals surface area contributed by atoms with Gasteiger partial charge in [-0.3, -0.25) is 0 Å². The maximum Gasteiger partial charge on any atom is 0.334 e. The third kappa shape index (κ3) is 1.50. The summed E-state index contributed by atoms with van der Waals surface area (Å²) in [6.45, 7) is 3.77. The van der Waals surface area contributed by atoms with Gasteiger partial charge in [0.15, 0.2) is 0 Å². The molecular weight excluding hydrogens is 156 g/mol. The zero-order chi connectivity index (χ0) is 9.14. The maximum atomic E-state index is 11.1. The van der Waals surface area contributed by atoms with Gasteiger partial charge in [-0.05, 0) is 20.3 Å². The van der Waals surface area contributed by atoms with Gasteiger partial charge in [0.2, 0.25) is 0 Å². The summed E-state index contributed by atoms with van der Waals surface area (Å²) in [5.74, 6) is -0.157. The number of esters is 1. The monoisotopic (exact) mass is 170 g/mol. The van der Waals surface area contributed by atoms with Crippen molar-refractivity contribution in [3.05, 3.63) is 11.6 Å². The minimum Gasteiger partial charge on any atom is -0.459 e. The summed E-state index contributed by atoms with van der Waals surface area (Å²) in [7, 11) is 0. The van der Waals surface area contributed by atoms with E-state index < -0.39 is 0 Å². The zero-order valence-corrected chi connectivity index (χ0v) is 7.41. The van der Waals surface area contributed by atoms with Crippen LogP contribution in [0.15, 0.2) is 11.6 Å². The summed E-state index contributed by atoms with van der Waals surface area (Å²) < 4.78 is 5.01. The highest BCUT2D eigenvalue weighted by atomic mass is 16.5. The van der Waals surface area contributed by atoms with Crippen LogP contribution in [0, 0.1) is 5.92 Å². The van der Waals surface area contributed by atoms with E-state index in [-0.39, 0.29) is 24.6 Å². The Balaban J connectivity index is 2.75. The van der Waals surface area contributed by atoms with Gasteiger partial charge < -0.3 is 9.84 Å². The summed E-state index contributed by atoms with van der Waals surface area (Å²) >= 11 is 0. The first kappa shape index (κ1) is 9.26. The summed E-state index contributed by atoms with van der Waals surface area (Å²) in [6, 6.07) is 0. The van der Waals surface area contributed by atoms with Gasteiger partial charge in [0.05, 0.1) is 0 Å². The predicted molar refractivity (Wildman–Crippen MR) is 44.5 cm³/mol. The molecule has 3 heteroatoms. The van der Waals surface area contributed by atoms with Crippen molar-refractivity contribution >= 4 is 5.97 Å². The van der Waals surface area contributed by atoms with Gasteiger partial charge in [0.1, 0.15) is 6.10 Å². The highest BCUT2D eigenvalue weighted by Gasteiger charge is 2.35. The standard InChI is InChI=1S/C9H14O3/c1-3-7-8(4-5-10)6(2)12-9(7)11/h3,6,8,10H,4-5H2,1-2H3/b7-3-. The van der Waals surface area contributed by atoms with Crippen LogP contribution < -0.4 is 0 Å². The summed E-state index contributed by atoms with van der Waals surface area (Å²) in [5, 5.41) is 8.75. The molecule has 1 rings (SSSR count). The average Bonchev–Trinajstić information content (AvgIpc) is 2.28. The van der Waals surface area contributed by atoms with Crippen molar-refractivity contribution in [3.8, 4) is 0 Å². The fourth-order valence-electron chi connectivity index (χ4n) is 1.58. The van der Waals surface area contributed by atoms with E-state index in [1.54, 1.807) is 6.08 Å². The largest absolute Gasteiger partial charge is 0.459 e. The van der Waals surface area contributed by atoms with Crippen molar-refractivity contribution in [2.75, 3.05) is 6.61 Å². The Morgan fingerprint density at radius 1 is 1.67 bits per heavy atom. The second-order valence-corrected chi connectivity index (χ2v) is 2.97. The van der Waals surface area contributed by atoms with Crippen molar-refractivity contribution in [2.24, 2.45) is 5.92 Å². The molecule has 0 radical (unpaired) electrons. The highest BCUT2D eigenvalue weighted by molar-refractivity contribution is 5.91. The zero-order valence-electron chi connectivity index (χ0n) is 7.41. The smallest absolute Gasteiger partial charge is 0.334 e. The van der Waals surface area contributed by atoms with Gasteiger partial charge in [0.25, 0.3) is 0 Å². The Morgan fingerprint density at radius 2 is 2.33 bits per heavy atom. The minimum atomic E-state index is -0.233. The molecule has 1 fully saturated rings. The Hall–Kier alpha value is -0.830. The Labute approximate surface area is 72.0 Å². The number of aliphatic hydroxyl groups is 1. The van der Waals surface area contributed by atoms with E-state index in [2.05, 4.69) is 0 Å². The van der Waals surface area contributed by atoms with Crippen molar-refractivity contribution in [1.82, 2.24) is 0 Å². The van der Waals surface area contributed by atoms with Crippen LogP contribution in [0.3, 0.4) is 0 Å². The fraction of sp³-hybridized carbons (Fsp3) is 0.667. The first-order chi connectivity index (χ1) is 5.70. The van der Waals surface area contributed by atoms with Crippen LogP contribution in [0.1, 0.15) is 20.3 Å². The van der Waals surface area contributed by atoms with Crippen LogP contribution in [0.4, 0.5) is 0 Å². The first-order valence-electron chi connectivity index (χ1n) is 4.18. The second-order valence-electron chi connectivity index (χ2n) is 2.97. The molecule has 0 aromatic carbocycles. The molecule has 2 unspecified atom stereocenters. The van der Waals surface area contributed by atoms with E-state index in [0.717, 1.165) is 0 Å². The van der Waals surface area contributed by atoms with Gasteiger partial charge in [-0.15, -0.1) is 0 Å².